The Morgan fingerprint density at radius 1 is 0.857 bits per heavy atom. The highest BCUT2D eigenvalue weighted by Crippen LogP contribution is 2.18. The van der Waals surface area contributed by atoms with E-state index in [1.165, 1.54) is 70.6 Å². The van der Waals surface area contributed by atoms with E-state index in [4.69, 9.17) is 14.6 Å². The molecule has 1 heterocycles. The maximum absolute atomic E-state index is 12.0. The minimum absolute atomic E-state index is 0.325. The molecule has 0 radical (unpaired) electrons. The molecule has 164 valence electrons. The molecule has 28 heavy (non-hydrogen) atoms. The summed E-state index contributed by atoms with van der Waals surface area (Å²) in [5, 5.41) is 18.3. The summed E-state index contributed by atoms with van der Waals surface area (Å²) < 4.78 is 10.1. The summed E-state index contributed by atoms with van der Waals surface area (Å²) in [6.45, 7) is 1.95. The fourth-order valence-electron chi connectivity index (χ4n) is 3.52. The molecule has 1 aliphatic rings. The first kappa shape index (κ1) is 25.1. The molecular formula is C22H40O6. The van der Waals surface area contributed by atoms with Crippen LogP contribution in [0.4, 0.5) is 0 Å². The number of carbonyl (C=O) groups is 2. The summed E-state index contributed by atoms with van der Waals surface area (Å²) in [5.74, 6) is -1.37. The van der Waals surface area contributed by atoms with E-state index in [1.54, 1.807) is 0 Å². The molecule has 0 amide bonds. The van der Waals surface area contributed by atoms with Crippen LogP contribution >= 0.6 is 0 Å². The number of ether oxygens (including phenoxy) is 2. The smallest absolute Gasteiger partial charge is 0.344 e. The lowest BCUT2D eigenvalue weighted by molar-refractivity contribution is -0.153. The zero-order valence-electron chi connectivity index (χ0n) is 17.6. The highest BCUT2D eigenvalue weighted by molar-refractivity contribution is 6.09. The standard InChI is InChI=1S/C22H40O6/c1-2-3-4-5-6-7-8-9-10-11-12-13-14-15-16-27-21-19(25)20(18(24)17-23)28-22(21)26/h18,20-21,23-24H,2-17H2,1H3/t18-,20+,21?/m0/s1. The van der Waals surface area contributed by atoms with E-state index in [2.05, 4.69) is 6.92 Å². The van der Waals surface area contributed by atoms with Crippen LogP contribution in [0.2, 0.25) is 0 Å². The van der Waals surface area contributed by atoms with Crippen molar-refractivity contribution in [3.05, 3.63) is 0 Å². The Balaban J connectivity index is 1.90. The number of carbonyl (C=O) groups excluding carboxylic acids is 2. The van der Waals surface area contributed by atoms with Gasteiger partial charge in [0, 0.05) is 6.61 Å². The van der Waals surface area contributed by atoms with Gasteiger partial charge in [-0.2, -0.15) is 0 Å². The van der Waals surface area contributed by atoms with E-state index < -0.39 is 36.7 Å². The average molecular weight is 401 g/mol. The Morgan fingerprint density at radius 3 is 1.79 bits per heavy atom. The molecule has 0 aromatic rings. The summed E-state index contributed by atoms with van der Waals surface area (Å²) in [4.78, 5) is 23.6. The predicted molar refractivity (Wildman–Crippen MR) is 108 cm³/mol. The van der Waals surface area contributed by atoms with Crippen LogP contribution in [0.3, 0.4) is 0 Å². The van der Waals surface area contributed by atoms with E-state index >= 15 is 0 Å². The monoisotopic (exact) mass is 400 g/mol. The van der Waals surface area contributed by atoms with Crippen LogP contribution in [-0.4, -0.2) is 53.5 Å². The number of esters is 1. The Kier molecular flexibility index (Phi) is 14.2. The summed E-state index contributed by atoms with van der Waals surface area (Å²) >= 11 is 0. The lowest BCUT2D eigenvalue weighted by Crippen LogP contribution is -2.37. The molecule has 1 saturated heterocycles. The van der Waals surface area contributed by atoms with E-state index in [-0.39, 0.29) is 0 Å². The fraction of sp³-hybridized carbons (Fsp3) is 0.909. The van der Waals surface area contributed by atoms with Gasteiger partial charge in [0.1, 0.15) is 6.10 Å². The van der Waals surface area contributed by atoms with Crippen LogP contribution in [0.15, 0.2) is 0 Å². The number of hydrogen-bond acceptors (Lipinski definition) is 6. The minimum atomic E-state index is -1.38. The van der Waals surface area contributed by atoms with Gasteiger partial charge >= 0.3 is 5.97 Å². The number of rotatable bonds is 18. The first-order valence-electron chi connectivity index (χ1n) is 11.3. The van der Waals surface area contributed by atoms with Crippen LogP contribution in [-0.2, 0) is 19.1 Å². The van der Waals surface area contributed by atoms with Gasteiger partial charge in [-0.15, -0.1) is 0 Å². The van der Waals surface area contributed by atoms with E-state index in [9.17, 15) is 14.7 Å². The summed E-state index contributed by atoms with van der Waals surface area (Å²) in [6, 6.07) is 0. The van der Waals surface area contributed by atoms with Crippen molar-refractivity contribution in [1.82, 2.24) is 0 Å². The van der Waals surface area contributed by atoms with Crippen molar-refractivity contribution in [3.8, 4) is 0 Å². The van der Waals surface area contributed by atoms with Crippen LogP contribution in [0, 0.1) is 0 Å². The third kappa shape index (κ3) is 9.99. The molecule has 0 saturated carbocycles. The maximum atomic E-state index is 12.0. The third-order valence-corrected chi connectivity index (χ3v) is 5.31. The molecule has 3 atom stereocenters. The van der Waals surface area contributed by atoms with Gasteiger partial charge in [0.15, 0.2) is 6.10 Å². The molecule has 6 heteroatoms. The Labute approximate surface area is 170 Å². The summed E-state index contributed by atoms with van der Waals surface area (Å²) in [5.41, 5.74) is 0. The van der Waals surface area contributed by atoms with Gasteiger partial charge in [-0.25, -0.2) is 4.79 Å². The second kappa shape index (κ2) is 15.9. The average Bonchev–Trinajstić information content (AvgIpc) is 2.98. The molecule has 1 rings (SSSR count). The van der Waals surface area contributed by atoms with Crippen molar-refractivity contribution in [3.63, 3.8) is 0 Å². The fourth-order valence-corrected chi connectivity index (χ4v) is 3.52. The molecule has 2 N–H and O–H groups in total. The lowest BCUT2D eigenvalue weighted by Gasteiger charge is -2.12. The molecule has 6 nitrogen and oxygen atoms in total. The van der Waals surface area contributed by atoms with Crippen LogP contribution in [0.5, 0.6) is 0 Å². The number of Topliss-reactive ketones (excluding diaryl/α,β-unsaturated/α-hetero) is 1. The van der Waals surface area contributed by atoms with Gasteiger partial charge in [0.2, 0.25) is 11.9 Å². The van der Waals surface area contributed by atoms with Gasteiger partial charge in [0.25, 0.3) is 0 Å². The SMILES string of the molecule is CCCCCCCCCCCCCCCCOC1C(=O)O[C@H]([C@@H](O)CO)C1=O. The Morgan fingerprint density at radius 2 is 1.32 bits per heavy atom. The summed E-state index contributed by atoms with van der Waals surface area (Å²) in [7, 11) is 0. The molecule has 0 aromatic carbocycles. The van der Waals surface area contributed by atoms with Crippen LogP contribution in [0.25, 0.3) is 0 Å². The van der Waals surface area contributed by atoms with Gasteiger partial charge in [-0.1, -0.05) is 90.4 Å². The highest BCUT2D eigenvalue weighted by atomic mass is 16.6. The second-order valence-electron chi connectivity index (χ2n) is 7.86. The zero-order valence-corrected chi connectivity index (χ0v) is 17.6. The van der Waals surface area contributed by atoms with E-state index in [0.717, 1.165) is 19.3 Å². The van der Waals surface area contributed by atoms with Crippen LogP contribution in [0.1, 0.15) is 96.8 Å². The zero-order chi connectivity index (χ0) is 20.6. The predicted octanol–water partition coefficient (Wildman–Crippen LogP) is 3.70. The van der Waals surface area contributed by atoms with Gasteiger partial charge in [-0.05, 0) is 6.42 Å². The topological polar surface area (TPSA) is 93.1 Å². The molecule has 0 spiro atoms. The molecular weight excluding hydrogens is 360 g/mol. The quantitative estimate of drug-likeness (QED) is 0.207. The first-order chi connectivity index (χ1) is 13.6. The van der Waals surface area contributed by atoms with Crippen molar-refractivity contribution in [2.24, 2.45) is 0 Å². The molecule has 0 bridgehead atoms. The van der Waals surface area contributed by atoms with Crippen LogP contribution < -0.4 is 0 Å². The maximum Gasteiger partial charge on any atom is 0.344 e. The first-order valence-corrected chi connectivity index (χ1v) is 11.3. The third-order valence-electron chi connectivity index (χ3n) is 5.31. The normalized spacial score (nSPS) is 20.5. The van der Waals surface area contributed by atoms with Crippen molar-refractivity contribution in [2.75, 3.05) is 13.2 Å². The van der Waals surface area contributed by atoms with Crippen molar-refractivity contribution < 1.29 is 29.3 Å². The molecule has 1 unspecified atom stereocenters. The highest BCUT2D eigenvalue weighted by Gasteiger charge is 2.47. The number of hydrogen-bond donors (Lipinski definition) is 2. The summed E-state index contributed by atoms with van der Waals surface area (Å²) in [6.07, 6.45) is 13.7. The number of ketones is 1. The van der Waals surface area contributed by atoms with Gasteiger partial charge < -0.3 is 19.7 Å². The van der Waals surface area contributed by atoms with Gasteiger partial charge in [0.05, 0.1) is 6.61 Å². The van der Waals surface area contributed by atoms with Gasteiger partial charge in [-0.3, -0.25) is 4.79 Å². The number of unbranched alkanes of at least 4 members (excludes halogenated alkanes) is 13. The second-order valence-corrected chi connectivity index (χ2v) is 7.86. The number of cyclic esters (lactones) is 1. The molecule has 1 fully saturated rings. The number of aliphatic hydroxyl groups is 2. The Bertz CT molecular complexity index is 425. The van der Waals surface area contributed by atoms with E-state index in [1.807, 2.05) is 0 Å². The molecule has 0 aliphatic carbocycles. The van der Waals surface area contributed by atoms with E-state index in [0.29, 0.717) is 6.61 Å². The lowest BCUT2D eigenvalue weighted by atomic mass is 10.0. The minimum Gasteiger partial charge on any atom is -0.449 e. The largest absolute Gasteiger partial charge is 0.449 e. The molecule has 1 aliphatic heterocycles. The molecule has 0 aromatic heterocycles. The van der Waals surface area contributed by atoms with Crippen molar-refractivity contribution >= 4 is 11.8 Å². The van der Waals surface area contributed by atoms with Crippen molar-refractivity contribution in [1.29, 1.82) is 0 Å². The van der Waals surface area contributed by atoms with Crippen molar-refractivity contribution in [2.45, 2.75) is 115 Å². The Hall–Kier alpha value is -0.980. The number of aliphatic hydroxyl groups excluding tert-OH is 2.